The third-order valence-electron chi connectivity index (χ3n) is 6.87. The van der Waals surface area contributed by atoms with Crippen LogP contribution in [0.5, 0.6) is 0 Å². The molecule has 0 bridgehead atoms. The molecule has 1 aromatic rings. The van der Waals surface area contributed by atoms with E-state index >= 15 is 0 Å². The SMILES string of the molecule is O=C(/C=C/c1cccnc1)NCCCCCCCS(=O)(=O)N(OCCN1CCOCC1)C1CCCCC1. The number of morpholine rings is 1. The maximum atomic E-state index is 13.2. The molecule has 9 nitrogen and oxygen atoms in total. The number of hydrogen-bond acceptors (Lipinski definition) is 7. The summed E-state index contributed by atoms with van der Waals surface area (Å²) < 4.78 is 33.1. The average molecular weight is 537 g/mol. The van der Waals surface area contributed by atoms with E-state index in [1.807, 2.05) is 12.1 Å². The van der Waals surface area contributed by atoms with Gasteiger partial charge in [0, 0.05) is 44.6 Å². The molecule has 0 radical (unpaired) electrons. The second kappa shape index (κ2) is 16.9. The summed E-state index contributed by atoms with van der Waals surface area (Å²) in [7, 11) is -3.46. The van der Waals surface area contributed by atoms with Gasteiger partial charge in [0.1, 0.15) is 0 Å². The highest BCUT2D eigenvalue weighted by Crippen LogP contribution is 2.26. The first kappa shape index (κ1) is 29.7. The summed E-state index contributed by atoms with van der Waals surface area (Å²) in [5.74, 6) is 0.00285. The molecule has 2 fully saturated rings. The van der Waals surface area contributed by atoms with Crippen molar-refractivity contribution in [2.75, 3.05) is 51.8 Å². The minimum Gasteiger partial charge on any atom is -0.379 e. The number of nitrogens with one attached hydrogen (secondary N) is 1. The Morgan fingerprint density at radius 1 is 1.14 bits per heavy atom. The lowest BCUT2D eigenvalue weighted by Gasteiger charge is -2.33. The van der Waals surface area contributed by atoms with E-state index in [-0.39, 0.29) is 17.7 Å². The number of carbonyl (C=O) groups is 1. The molecule has 0 aromatic carbocycles. The van der Waals surface area contributed by atoms with Crippen molar-refractivity contribution in [2.24, 2.45) is 0 Å². The molecule has 208 valence electrons. The average Bonchev–Trinajstić information content (AvgIpc) is 2.93. The van der Waals surface area contributed by atoms with Gasteiger partial charge in [-0.05, 0) is 43.4 Å². The first-order valence-corrected chi connectivity index (χ1v) is 15.5. The van der Waals surface area contributed by atoms with Crippen LogP contribution in [0, 0.1) is 0 Å². The first-order valence-electron chi connectivity index (χ1n) is 13.9. The Morgan fingerprint density at radius 3 is 2.65 bits per heavy atom. The van der Waals surface area contributed by atoms with Crippen molar-refractivity contribution >= 4 is 22.0 Å². The molecule has 2 aliphatic rings. The summed E-state index contributed by atoms with van der Waals surface area (Å²) in [5, 5.41) is 2.89. The Bertz CT molecular complexity index is 901. The van der Waals surface area contributed by atoms with Gasteiger partial charge in [-0.3, -0.25) is 19.5 Å². The third-order valence-corrected chi connectivity index (χ3v) is 8.62. The van der Waals surface area contributed by atoms with Gasteiger partial charge in [-0.15, -0.1) is 0 Å². The normalized spacial score (nSPS) is 18.0. The Kier molecular flexibility index (Phi) is 13.6. The molecule has 1 amide bonds. The molecule has 0 atom stereocenters. The van der Waals surface area contributed by atoms with Crippen LogP contribution in [0.1, 0.15) is 69.8 Å². The van der Waals surface area contributed by atoms with Crippen LogP contribution in [0.25, 0.3) is 6.08 Å². The number of pyridine rings is 1. The molecule has 0 unspecified atom stereocenters. The van der Waals surface area contributed by atoms with Gasteiger partial charge in [-0.2, -0.15) is 0 Å². The van der Waals surface area contributed by atoms with Crippen LogP contribution in [0.2, 0.25) is 0 Å². The number of amides is 1. The maximum absolute atomic E-state index is 13.2. The molecule has 1 N–H and O–H groups in total. The Morgan fingerprint density at radius 2 is 1.89 bits per heavy atom. The molecule has 1 saturated carbocycles. The number of rotatable bonds is 16. The summed E-state index contributed by atoms with van der Waals surface area (Å²) in [6.07, 6.45) is 15.9. The summed E-state index contributed by atoms with van der Waals surface area (Å²) in [4.78, 5) is 24.1. The predicted octanol–water partition coefficient (Wildman–Crippen LogP) is 3.39. The van der Waals surface area contributed by atoms with Crippen molar-refractivity contribution in [3.8, 4) is 0 Å². The number of sulfonamides is 1. The molecule has 10 heteroatoms. The summed E-state index contributed by atoms with van der Waals surface area (Å²) in [6, 6.07) is 3.68. The Hall–Kier alpha value is -1.85. The molecular formula is C27H44N4O5S. The zero-order valence-corrected chi connectivity index (χ0v) is 22.9. The van der Waals surface area contributed by atoms with E-state index in [1.54, 1.807) is 18.5 Å². The second-order valence-corrected chi connectivity index (χ2v) is 11.8. The van der Waals surface area contributed by atoms with Crippen molar-refractivity contribution < 1.29 is 22.8 Å². The van der Waals surface area contributed by atoms with Gasteiger partial charge in [0.05, 0.1) is 31.6 Å². The minimum atomic E-state index is -3.46. The summed E-state index contributed by atoms with van der Waals surface area (Å²) in [5.41, 5.74) is 0.886. The molecule has 1 aromatic heterocycles. The molecule has 2 heterocycles. The number of aromatic nitrogens is 1. The zero-order valence-electron chi connectivity index (χ0n) is 22.1. The highest BCUT2D eigenvalue weighted by molar-refractivity contribution is 7.88. The Labute approximate surface area is 222 Å². The number of unbranched alkanes of at least 4 members (excludes halogenated alkanes) is 4. The van der Waals surface area contributed by atoms with Gasteiger partial charge < -0.3 is 10.1 Å². The molecule has 3 rings (SSSR count). The van der Waals surface area contributed by atoms with E-state index in [4.69, 9.17) is 9.57 Å². The Balaban J connectivity index is 1.31. The topological polar surface area (TPSA) is 101 Å². The molecule has 1 saturated heterocycles. The monoisotopic (exact) mass is 536 g/mol. The number of carbonyl (C=O) groups excluding carboxylic acids is 1. The third kappa shape index (κ3) is 11.6. The molecular weight excluding hydrogens is 492 g/mol. The van der Waals surface area contributed by atoms with E-state index in [1.165, 1.54) is 17.0 Å². The molecule has 37 heavy (non-hydrogen) atoms. The summed E-state index contributed by atoms with van der Waals surface area (Å²) in [6.45, 7) is 4.90. The van der Waals surface area contributed by atoms with Crippen LogP contribution in [-0.4, -0.2) is 86.5 Å². The lowest BCUT2D eigenvalue weighted by molar-refractivity contribution is -0.126. The van der Waals surface area contributed by atoms with Crippen molar-refractivity contribution in [3.05, 3.63) is 36.2 Å². The van der Waals surface area contributed by atoms with Crippen molar-refractivity contribution in [3.63, 3.8) is 0 Å². The van der Waals surface area contributed by atoms with Gasteiger partial charge in [0.25, 0.3) is 0 Å². The fourth-order valence-electron chi connectivity index (χ4n) is 4.74. The first-order chi connectivity index (χ1) is 18.0. The molecule has 1 aliphatic heterocycles. The van der Waals surface area contributed by atoms with Crippen molar-refractivity contribution in [1.29, 1.82) is 0 Å². The van der Waals surface area contributed by atoms with Crippen molar-refractivity contribution in [1.82, 2.24) is 19.7 Å². The fourth-order valence-corrected chi connectivity index (χ4v) is 6.39. The van der Waals surface area contributed by atoms with E-state index in [0.29, 0.717) is 19.6 Å². The summed E-state index contributed by atoms with van der Waals surface area (Å²) >= 11 is 0. The smallest absolute Gasteiger partial charge is 0.243 e. The van der Waals surface area contributed by atoms with Crippen LogP contribution in [0.15, 0.2) is 30.6 Å². The number of hydrogen-bond donors (Lipinski definition) is 1. The zero-order chi connectivity index (χ0) is 26.2. The van der Waals surface area contributed by atoms with Gasteiger partial charge in [-0.25, -0.2) is 8.42 Å². The van der Waals surface area contributed by atoms with E-state index < -0.39 is 10.0 Å². The number of ether oxygens (including phenoxy) is 1. The largest absolute Gasteiger partial charge is 0.379 e. The van der Waals surface area contributed by atoms with Crippen LogP contribution in [0.4, 0.5) is 0 Å². The van der Waals surface area contributed by atoms with Crippen LogP contribution in [0.3, 0.4) is 0 Å². The van der Waals surface area contributed by atoms with Crippen molar-refractivity contribution in [2.45, 2.75) is 70.3 Å². The molecule has 0 spiro atoms. The highest BCUT2D eigenvalue weighted by atomic mass is 32.2. The second-order valence-electron chi connectivity index (χ2n) is 9.83. The van der Waals surface area contributed by atoms with E-state index in [9.17, 15) is 13.2 Å². The maximum Gasteiger partial charge on any atom is 0.243 e. The minimum absolute atomic E-state index is 0.0424. The fraction of sp³-hybridized carbons (Fsp3) is 0.704. The number of nitrogens with zero attached hydrogens (tertiary/aromatic N) is 3. The molecule has 1 aliphatic carbocycles. The van der Waals surface area contributed by atoms with Gasteiger partial charge in [-0.1, -0.05) is 49.1 Å². The highest BCUT2D eigenvalue weighted by Gasteiger charge is 2.32. The lowest BCUT2D eigenvalue weighted by Crippen LogP contribution is -2.45. The van der Waals surface area contributed by atoms with Gasteiger partial charge >= 0.3 is 0 Å². The van der Waals surface area contributed by atoms with Crippen LogP contribution >= 0.6 is 0 Å². The lowest BCUT2D eigenvalue weighted by atomic mass is 9.96. The number of hydroxylamine groups is 1. The predicted molar refractivity (Wildman–Crippen MR) is 145 cm³/mol. The van der Waals surface area contributed by atoms with Crippen LogP contribution in [-0.2, 0) is 24.4 Å². The van der Waals surface area contributed by atoms with Gasteiger partial charge in [0.15, 0.2) is 0 Å². The quantitative estimate of drug-likeness (QED) is 0.196. The van der Waals surface area contributed by atoms with Crippen LogP contribution < -0.4 is 5.32 Å². The van der Waals surface area contributed by atoms with Gasteiger partial charge in [0.2, 0.25) is 15.9 Å². The van der Waals surface area contributed by atoms with E-state index in [0.717, 1.165) is 89.8 Å². The standard InChI is InChI=1S/C27H44N4O5S/c32-27(14-13-25-10-9-15-28-24-25)29-16-7-2-1-3-8-23-37(33,34)31(26-11-5-4-6-12-26)36-22-19-30-17-20-35-21-18-30/h9-10,13-15,24,26H,1-8,11-12,16-23H2,(H,29,32)/b14-13+. The van der Waals surface area contributed by atoms with E-state index in [2.05, 4.69) is 15.2 Å².